The second kappa shape index (κ2) is 4.57. The third kappa shape index (κ3) is 2.19. The fourth-order valence-electron chi connectivity index (χ4n) is 1.82. The minimum atomic E-state index is -0.255. The van der Waals surface area contributed by atoms with E-state index in [1.54, 1.807) is 6.07 Å². The topological polar surface area (TPSA) is 71.6 Å². The number of nitrogen functional groups attached to an aromatic ring is 1. The van der Waals surface area contributed by atoms with Gasteiger partial charge in [-0.25, -0.2) is 0 Å². The lowest BCUT2D eigenvalue weighted by Crippen LogP contribution is -2.22. The van der Waals surface area contributed by atoms with Crippen molar-refractivity contribution in [3.05, 3.63) is 12.1 Å². The Hall–Kier alpha value is -1.49. The van der Waals surface area contributed by atoms with Crippen LogP contribution in [0.1, 0.15) is 13.3 Å². The molecule has 2 rings (SSSR count). The third-order valence-electron chi connectivity index (χ3n) is 2.64. The molecule has 0 aromatic carbocycles. The molecule has 1 aromatic heterocycles. The highest BCUT2D eigenvalue weighted by molar-refractivity contribution is 5.54. The summed E-state index contributed by atoms with van der Waals surface area (Å²) in [5.74, 6) is 1.29. The summed E-state index contributed by atoms with van der Waals surface area (Å²) in [6, 6.07) is 3.65. The van der Waals surface area contributed by atoms with E-state index < -0.39 is 0 Å². The van der Waals surface area contributed by atoms with Crippen molar-refractivity contribution >= 4 is 11.5 Å². The van der Waals surface area contributed by atoms with E-state index in [-0.39, 0.29) is 6.10 Å². The average Bonchev–Trinajstić information content (AvgIpc) is 2.69. The molecular weight excluding hydrogens is 206 g/mol. The van der Waals surface area contributed by atoms with E-state index in [0.29, 0.717) is 24.7 Å². The summed E-state index contributed by atoms with van der Waals surface area (Å²) in [4.78, 5) is 6.38. The molecule has 0 radical (unpaired) electrons. The van der Waals surface area contributed by atoms with Crippen LogP contribution in [-0.2, 0) is 0 Å². The predicted octanol–water partition coefficient (Wildman–Crippen LogP) is 0.634. The van der Waals surface area contributed by atoms with Crippen LogP contribution in [0.3, 0.4) is 0 Å². The zero-order chi connectivity index (χ0) is 11.5. The van der Waals surface area contributed by atoms with Crippen molar-refractivity contribution in [2.75, 3.05) is 30.3 Å². The molecule has 88 valence electrons. The van der Waals surface area contributed by atoms with E-state index >= 15 is 0 Å². The van der Waals surface area contributed by atoms with Gasteiger partial charge in [-0.15, -0.1) is 0 Å². The van der Waals surface area contributed by atoms with Crippen LogP contribution >= 0.6 is 0 Å². The van der Waals surface area contributed by atoms with Crippen molar-refractivity contribution in [1.82, 2.24) is 4.98 Å². The van der Waals surface area contributed by atoms with Crippen LogP contribution in [0.15, 0.2) is 12.1 Å². The Morgan fingerprint density at radius 1 is 1.62 bits per heavy atom. The van der Waals surface area contributed by atoms with Gasteiger partial charge in [0.1, 0.15) is 5.82 Å². The van der Waals surface area contributed by atoms with Crippen LogP contribution < -0.4 is 15.4 Å². The summed E-state index contributed by atoms with van der Waals surface area (Å²) >= 11 is 0. The van der Waals surface area contributed by atoms with Gasteiger partial charge in [-0.2, -0.15) is 4.98 Å². The van der Waals surface area contributed by atoms with Crippen molar-refractivity contribution < 1.29 is 9.84 Å². The molecule has 0 amide bonds. The molecule has 1 aliphatic rings. The Morgan fingerprint density at radius 2 is 2.44 bits per heavy atom. The van der Waals surface area contributed by atoms with E-state index in [1.165, 1.54) is 0 Å². The molecule has 5 heteroatoms. The minimum absolute atomic E-state index is 0.255. The number of β-amino-alcohol motifs (C(OH)–C–C–N with tert-alkyl or cyclic N) is 1. The van der Waals surface area contributed by atoms with Crippen molar-refractivity contribution in [3.63, 3.8) is 0 Å². The number of anilines is 2. The fourth-order valence-corrected chi connectivity index (χ4v) is 1.82. The molecule has 1 aliphatic heterocycles. The number of aromatic nitrogens is 1. The van der Waals surface area contributed by atoms with Crippen LogP contribution in [0.5, 0.6) is 5.88 Å². The van der Waals surface area contributed by atoms with Gasteiger partial charge in [0.05, 0.1) is 18.4 Å². The van der Waals surface area contributed by atoms with Crippen molar-refractivity contribution in [3.8, 4) is 5.88 Å². The van der Waals surface area contributed by atoms with E-state index in [2.05, 4.69) is 4.98 Å². The molecule has 1 saturated heterocycles. The highest BCUT2D eigenvalue weighted by atomic mass is 16.5. The Labute approximate surface area is 94.8 Å². The molecule has 2 heterocycles. The van der Waals surface area contributed by atoms with Crippen LogP contribution in [0, 0.1) is 0 Å². The van der Waals surface area contributed by atoms with Crippen LogP contribution in [-0.4, -0.2) is 35.9 Å². The van der Waals surface area contributed by atoms with Gasteiger partial charge in [0, 0.05) is 13.1 Å². The Kier molecular flexibility index (Phi) is 3.14. The van der Waals surface area contributed by atoms with Gasteiger partial charge >= 0.3 is 0 Å². The number of pyridine rings is 1. The van der Waals surface area contributed by atoms with Gasteiger partial charge in [-0.3, -0.25) is 0 Å². The standard InChI is InChI=1S/C11H17N3O2/c1-2-16-11-9(12)3-4-10(13-11)14-6-5-8(15)7-14/h3-4,8,15H,2,5-7,12H2,1H3. The molecule has 1 unspecified atom stereocenters. The first kappa shape index (κ1) is 11.0. The maximum absolute atomic E-state index is 9.46. The lowest BCUT2D eigenvalue weighted by molar-refractivity contribution is 0.198. The normalized spacial score (nSPS) is 20.1. The van der Waals surface area contributed by atoms with Gasteiger partial charge < -0.3 is 20.5 Å². The molecule has 1 aromatic rings. The number of hydrogen-bond donors (Lipinski definition) is 2. The lowest BCUT2D eigenvalue weighted by Gasteiger charge is -2.17. The molecule has 16 heavy (non-hydrogen) atoms. The smallest absolute Gasteiger partial charge is 0.239 e. The molecule has 0 aliphatic carbocycles. The highest BCUT2D eigenvalue weighted by Crippen LogP contribution is 2.25. The number of aliphatic hydroxyl groups excluding tert-OH is 1. The number of nitrogens with two attached hydrogens (primary N) is 1. The zero-order valence-corrected chi connectivity index (χ0v) is 9.39. The van der Waals surface area contributed by atoms with Crippen molar-refractivity contribution in [2.24, 2.45) is 0 Å². The molecule has 1 fully saturated rings. The second-order valence-electron chi connectivity index (χ2n) is 3.89. The first-order chi connectivity index (χ1) is 7.70. The van der Waals surface area contributed by atoms with Crippen molar-refractivity contribution in [2.45, 2.75) is 19.4 Å². The second-order valence-corrected chi connectivity index (χ2v) is 3.89. The molecule has 0 spiro atoms. The quantitative estimate of drug-likeness (QED) is 0.786. The zero-order valence-electron chi connectivity index (χ0n) is 9.39. The van der Waals surface area contributed by atoms with Gasteiger partial charge in [0.2, 0.25) is 5.88 Å². The number of aliphatic hydroxyl groups is 1. The van der Waals surface area contributed by atoms with E-state index in [0.717, 1.165) is 18.8 Å². The van der Waals surface area contributed by atoms with Gasteiger partial charge in [0.25, 0.3) is 0 Å². The monoisotopic (exact) mass is 223 g/mol. The van der Waals surface area contributed by atoms with Crippen molar-refractivity contribution in [1.29, 1.82) is 0 Å². The van der Waals surface area contributed by atoms with E-state index in [4.69, 9.17) is 10.5 Å². The summed E-state index contributed by atoms with van der Waals surface area (Å²) in [6.45, 7) is 3.89. The number of ether oxygens (including phenoxy) is 1. The predicted molar refractivity (Wildman–Crippen MR) is 62.7 cm³/mol. The summed E-state index contributed by atoms with van der Waals surface area (Å²) < 4.78 is 5.34. The lowest BCUT2D eigenvalue weighted by atomic mass is 10.3. The number of hydrogen-bond acceptors (Lipinski definition) is 5. The minimum Gasteiger partial charge on any atom is -0.476 e. The van der Waals surface area contributed by atoms with Gasteiger partial charge in [-0.1, -0.05) is 0 Å². The molecule has 0 bridgehead atoms. The Morgan fingerprint density at radius 3 is 3.06 bits per heavy atom. The van der Waals surface area contributed by atoms with E-state index in [9.17, 15) is 5.11 Å². The average molecular weight is 223 g/mol. The SMILES string of the molecule is CCOc1nc(N2CCC(O)C2)ccc1N. The highest BCUT2D eigenvalue weighted by Gasteiger charge is 2.21. The maximum atomic E-state index is 9.46. The molecule has 3 N–H and O–H groups in total. The van der Waals surface area contributed by atoms with Gasteiger partial charge in [0.15, 0.2) is 0 Å². The number of rotatable bonds is 3. The summed E-state index contributed by atoms with van der Waals surface area (Å²) in [6.07, 6.45) is 0.533. The van der Waals surface area contributed by atoms with Crippen LogP contribution in [0.4, 0.5) is 11.5 Å². The largest absolute Gasteiger partial charge is 0.476 e. The summed E-state index contributed by atoms with van der Waals surface area (Å²) in [7, 11) is 0. The van der Waals surface area contributed by atoms with E-state index in [1.807, 2.05) is 17.9 Å². The Balaban J connectivity index is 2.18. The number of nitrogens with zero attached hydrogens (tertiary/aromatic N) is 2. The Bertz CT molecular complexity index is 370. The maximum Gasteiger partial charge on any atom is 0.239 e. The molecule has 1 atom stereocenters. The van der Waals surface area contributed by atoms with Crippen LogP contribution in [0.25, 0.3) is 0 Å². The van der Waals surface area contributed by atoms with Crippen LogP contribution in [0.2, 0.25) is 0 Å². The first-order valence-corrected chi connectivity index (χ1v) is 5.53. The molecular formula is C11H17N3O2. The molecule has 5 nitrogen and oxygen atoms in total. The van der Waals surface area contributed by atoms with Gasteiger partial charge in [-0.05, 0) is 25.5 Å². The summed E-state index contributed by atoms with van der Waals surface area (Å²) in [5.41, 5.74) is 6.29. The molecule has 0 saturated carbocycles. The third-order valence-corrected chi connectivity index (χ3v) is 2.64. The first-order valence-electron chi connectivity index (χ1n) is 5.53. The fraction of sp³-hybridized carbons (Fsp3) is 0.545. The summed E-state index contributed by atoms with van der Waals surface area (Å²) in [5, 5.41) is 9.46.